The van der Waals surface area contributed by atoms with E-state index in [4.69, 9.17) is 4.74 Å². The fourth-order valence-corrected chi connectivity index (χ4v) is 1.68. The van der Waals surface area contributed by atoms with Crippen LogP contribution in [0.25, 0.3) is 0 Å². The van der Waals surface area contributed by atoms with E-state index in [9.17, 15) is 4.79 Å². The molecule has 0 saturated carbocycles. The van der Waals surface area contributed by atoms with Gasteiger partial charge in [0.25, 0.3) is 0 Å². The number of likely N-dealkylation sites (N-methyl/N-ethyl adjacent to an activating group) is 1. The van der Waals surface area contributed by atoms with Crippen LogP contribution in [0.3, 0.4) is 0 Å². The van der Waals surface area contributed by atoms with E-state index < -0.39 is 0 Å². The molecule has 0 aromatic heterocycles. The lowest BCUT2D eigenvalue weighted by molar-refractivity contribution is -0.896. The smallest absolute Gasteiger partial charge is 0.362 e. The third-order valence-corrected chi connectivity index (χ3v) is 2.37. The predicted octanol–water partition coefficient (Wildman–Crippen LogP) is -1.00. The zero-order chi connectivity index (χ0) is 12.7. The number of ether oxygens (including phenoxy) is 1. The molecule has 0 atom stereocenters. The van der Waals surface area contributed by atoms with Gasteiger partial charge in [-0.05, 0) is 0 Å². The molecule has 0 unspecified atom stereocenters. The van der Waals surface area contributed by atoms with Crippen LogP contribution in [-0.4, -0.2) is 37.7 Å². The first-order valence-corrected chi connectivity index (χ1v) is 5.66. The maximum atomic E-state index is 11.5. The minimum absolute atomic E-state index is 0. The number of carbonyl (C=O) groups is 1. The predicted molar refractivity (Wildman–Crippen MR) is 68.3 cm³/mol. The highest BCUT2D eigenvalue weighted by molar-refractivity contribution is 5.70. The summed E-state index contributed by atoms with van der Waals surface area (Å²) >= 11 is 0. The highest BCUT2D eigenvalue weighted by Crippen LogP contribution is 2.08. The van der Waals surface area contributed by atoms with Gasteiger partial charge in [0.15, 0.2) is 6.54 Å². The van der Waals surface area contributed by atoms with Gasteiger partial charge in [0.1, 0.15) is 13.2 Å². The monoisotopic (exact) mass is 269 g/mol. The third-order valence-electron chi connectivity index (χ3n) is 2.37. The molecule has 4 heteroatoms. The Balaban J connectivity index is 0.00000289. The summed E-state index contributed by atoms with van der Waals surface area (Å²) in [5, 5.41) is 0. The Hall–Kier alpha value is -1.32. The standard InChI is InChI=1S/C14H20NO2.ClH/c1-4-10-17-14(16)12-15(2,3)11-13-8-6-5-7-9-13;/h4-9H,1,10-12H2,2-3H3;1H/q+1;/p-1. The number of hydrogen-bond donors (Lipinski definition) is 0. The van der Waals surface area contributed by atoms with Crippen LogP contribution in [-0.2, 0) is 16.1 Å². The van der Waals surface area contributed by atoms with E-state index in [1.807, 2.05) is 32.3 Å². The van der Waals surface area contributed by atoms with Crippen LogP contribution in [0.15, 0.2) is 43.0 Å². The van der Waals surface area contributed by atoms with Crippen molar-refractivity contribution in [2.75, 3.05) is 27.2 Å². The Morgan fingerprint density at radius 3 is 2.50 bits per heavy atom. The van der Waals surface area contributed by atoms with E-state index in [0.717, 1.165) is 6.54 Å². The van der Waals surface area contributed by atoms with E-state index in [0.29, 0.717) is 11.0 Å². The number of carbonyl (C=O) groups excluding carboxylic acids is 1. The van der Waals surface area contributed by atoms with Gasteiger partial charge in [-0.2, -0.15) is 0 Å². The van der Waals surface area contributed by atoms with Crippen molar-refractivity contribution in [2.45, 2.75) is 6.54 Å². The van der Waals surface area contributed by atoms with Gasteiger partial charge in [0.05, 0.1) is 14.1 Å². The second kappa shape index (κ2) is 7.90. The van der Waals surface area contributed by atoms with Crippen LogP contribution in [0.2, 0.25) is 0 Å². The molecule has 0 bridgehead atoms. The lowest BCUT2D eigenvalue weighted by Gasteiger charge is -2.28. The van der Waals surface area contributed by atoms with Crippen molar-refractivity contribution in [2.24, 2.45) is 0 Å². The molecular weight excluding hydrogens is 250 g/mol. The average Bonchev–Trinajstić information content (AvgIpc) is 2.26. The molecule has 0 spiro atoms. The summed E-state index contributed by atoms with van der Waals surface area (Å²) in [5.41, 5.74) is 1.22. The van der Waals surface area contributed by atoms with Gasteiger partial charge in [-0.1, -0.05) is 43.0 Å². The molecule has 0 amide bonds. The molecular formula is C14H20ClNO2. The fourth-order valence-electron chi connectivity index (χ4n) is 1.68. The Morgan fingerprint density at radius 2 is 1.94 bits per heavy atom. The van der Waals surface area contributed by atoms with Gasteiger partial charge < -0.3 is 21.6 Å². The summed E-state index contributed by atoms with van der Waals surface area (Å²) in [7, 11) is 4.03. The van der Waals surface area contributed by atoms with E-state index in [2.05, 4.69) is 18.7 Å². The van der Waals surface area contributed by atoms with E-state index in [-0.39, 0.29) is 25.0 Å². The largest absolute Gasteiger partial charge is 1.00 e. The lowest BCUT2D eigenvalue weighted by atomic mass is 10.2. The van der Waals surface area contributed by atoms with Gasteiger partial charge in [-0.3, -0.25) is 0 Å². The van der Waals surface area contributed by atoms with Gasteiger partial charge in [-0.15, -0.1) is 0 Å². The Bertz CT molecular complexity index is 377. The quantitative estimate of drug-likeness (QED) is 0.376. The van der Waals surface area contributed by atoms with Gasteiger partial charge in [0.2, 0.25) is 0 Å². The second-order valence-corrected chi connectivity index (χ2v) is 4.71. The van der Waals surface area contributed by atoms with Crippen molar-refractivity contribution in [3.05, 3.63) is 48.6 Å². The van der Waals surface area contributed by atoms with Crippen molar-refractivity contribution in [3.63, 3.8) is 0 Å². The van der Waals surface area contributed by atoms with Crippen molar-refractivity contribution >= 4 is 5.97 Å². The molecule has 0 saturated heterocycles. The van der Waals surface area contributed by atoms with Gasteiger partial charge in [0, 0.05) is 5.56 Å². The third kappa shape index (κ3) is 6.42. The first-order chi connectivity index (χ1) is 8.03. The second-order valence-electron chi connectivity index (χ2n) is 4.71. The molecule has 0 fully saturated rings. The average molecular weight is 270 g/mol. The van der Waals surface area contributed by atoms with Gasteiger partial charge in [-0.25, -0.2) is 4.79 Å². The number of benzene rings is 1. The number of halogens is 1. The summed E-state index contributed by atoms with van der Waals surface area (Å²) in [6, 6.07) is 10.1. The normalized spacial score (nSPS) is 10.3. The van der Waals surface area contributed by atoms with Crippen molar-refractivity contribution in [3.8, 4) is 0 Å². The number of quaternary nitrogens is 1. The van der Waals surface area contributed by atoms with Crippen LogP contribution in [0, 0.1) is 0 Å². The Morgan fingerprint density at radius 1 is 1.33 bits per heavy atom. The minimum Gasteiger partial charge on any atom is -1.00 e. The molecule has 0 aliphatic heterocycles. The maximum absolute atomic E-state index is 11.5. The highest BCUT2D eigenvalue weighted by atomic mass is 35.5. The SMILES string of the molecule is C=CCOC(=O)C[N+](C)(C)Cc1ccccc1.[Cl-]. The van der Waals surface area contributed by atoms with Crippen LogP contribution < -0.4 is 12.4 Å². The summed E-state index contributed by atoms with van der Waals surface area (Å²) in [5.74, 6) is -0.189. The summed E-state index contributed by atoms with van der Waals surface area (Å²) < 4.78 is 5.58. The summed E-state index contributed by atoms with van der Waals surface area (Å²) in [6.45, 7) is 4.97. The first kappa shape index (κ1) is 16.7. The van der Waals surface area contributed by atoms with E-state index in [1.54, 1.807) is 6.08 Å². The van der Waals surface area contributed by atoms with Crippen molar-refractivity contribution in [1.82, 2.24) is 0 Å². The molecule has 1 aromatic carbocycles. The van der Waals surface area contributed by atoms with Crippen molar-refractivity contribution < 1.29 is 26.4 Å². The van der Waals surface area contributed by atoms with E-state index in [1.165, 1.54) is 5.56 Å². The number of nitrogens with zero attached hydrogens (tertiary/aromatic N) is 1. The summed E-state index contributed by atoms with van der Waals surface area (Å²) in [4.78, 5) is 11.5. The Labute approximate surface area is 115 Å². The zero-order valence-corrected chi connectivity index (χ0v) is 11.7. The Kier molecular flexibility index (Phi) is 7.32. The molecule has 100 valence electrons. The number of esters is 1. The molecule has 3 nitrogen and oxygen atoms in total. The molecule has 0 aliphatic carbocycles. The van der Waals surface area contributed by atoms with Crippen molar-refractivity contribution in [1.29, 1.82) is 0 Å². The zero-order valence-electron chi connectivity index (χ0n) is 10.9. The first-order valence-electron chi connectivity index (χ1n) is 5.66. The van der Waals surface area contributed by atoms with E-state index >= 15 is 0 Å². The molecule has 1 aromatic rings. The minimum atomic E-state index is -0.189. The van der Waals surface area contributed by atoms with Crippen LogP contribution >= 0.6 is 0 Å². The molecule has 0 N–H and O–H groups in total. The molecule has 0 radical (unpaired) electrons. The van der Waals surface area contributed by atoms with Gasteiger partial charge >= 0.3 is 5.97 Å². The maximum Gasteiger partial charge on any atom is 0.362 e. The molecule has 0 aliphatic rings. The molecule has 0 heterocycles. The molecule has 1 rings (SSSR count). The highest BCUT2D eigenvalue weighted by Gasteiger charge is 2.21. The topological polar surface area (TPSA) is 26.3 Å². The van der Waals surface area contributed by atoms with Crippen LogP contribution in [0.4, 0.5) is 0 Å². The van der Waals surface area contributed by atoms with Crippen LogP contribution in [0.1, 0.15) is 5.56 Å². The summed E-state index contributed by atoms with van der Waals surface area (Å²) in [6.07, 6.45) is 1.58. The fraction of sp³-hybridized carbons (Fsp3) is 0.357. The number of rotatable bonds is 6. The number of hydrogen-bond acceptors (Lipinski definition) is 2. The lowest BCUT2D eigenvalue weighted by Crippen LogP contribution is -3.00. The molecule has 18 heavy (non-hydrogen) atoms. The van der Waals surface area contributed by atoms with Crippen LogP contribution in [0.5, 0.6) is 0 Å².